The maximum atomic E-state index is 10.2. The number of nitrogens with one attached hydrogen (secondary N) is 1. The second kappa shape index (κ2) is 7.56. The summed E-state index contributed by atoms with van der Waals surface area (Å²) in [6.07, 6.45) is 1.92. The van der Waals surface area contributed by atoms with Gasteiger partial charge in [-0.15, -0.1) is 0 Å². The van der Waals surface area contributed by atoms with Crippen LogP contribution in [0.15, 0.2) is 24.3 Å². The molecule has 0 spiro atoms. The van der Waals surface area contributed by atoms with E-state index in [0.29, 0.717) is 5.02 Å². The van der Waals surface area contributed by atoms with Gasteiger partial charge < -0.3 is 20.3 Å². The van der Waals surface area contributed by atoms with Gasteiger partial charge in [0.25, 0.3) is 5.97 Å². The first-order chi connectivity index (χ1) is 9.70. The quantitative estimate of drug-likeness (QED) is 0.645. The molecule has 0 saturated heterocycles. The molecule has 0 aliphatic carbocycles. The van der Waals surface area contributed by atoms with E-state index in [1.165, 1.54) is 0 Å². The molecule has 0 aliphatic rings. The molecule has 1 aromatic rings. The Morgan fingerprint density at radius 1 is 1.24 bits per heavy atom. The maximum Gasteiger partial charge on any atom is 0.280 e. The fraction of sp³-hybridized carbons (Fsp3) is 0.625. The highest BCUT2D eigenvalue weighted by atomic mass is 35.5. The lowest BCUT2D eigenvalue weighted by Crippen LogP contribution is -2.45. The highest BCUT2D eigenvalue weighted by Crippen LogP contribution is 2.31. The van der Waals surface area contributed by atoms with Crippen LogP contribution in [0.3, 0.4) is 0 Å². The average Bonchev–Trinajstić information content (AvgIpc) is 2.37. The van der Waals surface area contributed by atoms with Crippen LogP contribution in [-0.4, -0.2) is 29.3 Å². The second-order valence-corrected chi connectivity index (χ2v) is 6.28. The monoisotopic (exact) mass is 315 g/mol. The zero-order chi connectivity index (χ0) is 16.1. The number of rotatable bonds is 8. The summed E-state index contributed by atoms with van der Waals surface area (Å²) in [6.45, 7) is 5.65. The van der Waals surface area contributed by atoms with Crippen LogP contribution in [0.25, 0.3) is 0 Å². The van der Waals surface area contributed by atoms with Crippen molar-refractivity contribution in [2.75, 3.05) is 7.05 Å². The van der Waals surface area contributed by atoms with Gasteiger partial charge in [-0.05, 0) is 45.0 Å². The molecule has 1 aromatic carbocycles. The number of hydrogen-bond donors (Lipinski definition) is 3. The third-order valence-corrected chi connectivity index (χ3v) is 3.77. The number of hydrogen-bond acceptors (Lipinski definition) is 4. The van der Waals surface area contributed by atoms with Gasteiger partial charge in [0.2, 0.25) is 0 Å². The second-order valence-electron chi connectivity index (χ2n) is 5.84. The van der Waals surface area contributed by atoms with Gasteiger partial charge in [-0.2, -0.15) is 0 Å². The van der Waals surface area contributed by atoms with E-state index in [1.807, 2.05) is 12.1 Å². The number of benzene rings is 1. The Morgan fingerprint density at radius 3 is 2.29 bits per heavy atom. The molecule has 0 saturated carbocycles. The summed E-state index contributed by atoms with van der Waals surface area (Å²) in [5.74, 6) is -2.19. The van der Waals surface area contributed by atoms with E-state index < -0.39 is 11.6 Å². The van der Waals surface area contributed by atoms with Gasteiger partial charge >= 0.3 is 0 Å². The minimum atomic E-state index is -2.19. The van der Waals surface area contributed by atoms with Gasteiger partial charge in [-0.1, -0.05) is 37.1 Å². The number of aliphatic hydroxyl groups is 2. The van der Waals surface area contributed by atoms with Crippen LogP contribution in [0, 0.1) is 0 Å². The van der Waals surface area contributed by atoms with Crippen molar-refractivity contribution >= 4 is 11.6 Å². The summed E-state index contributed by atoms with van der Waals surface area (Å²) in [7, 11) is 1.81. The van der Waals surface area contributed by atoms with Crippen molar-refractivity contribution in [2.24, 2.45) is 0 Å². The van der Waals surface area contributed by atoms with Crippen LogP contribution < -0.4 is 5.32 Å². The Hall–Kier alpha value is -0.650. The molecule has 0 bridgehead atoms. The van der Waals surface area contributed by atoms with Crippen LogP contribution in [0.2, 0.25) is 5.02 Å². The average molecular weight is 316 g/mol. The summed E-state index contributed by atoms with van der Waals surface area (Å²) < 4.78 is 5.56. The van der Waals surface area contributed by atoms with Crippen LogP contribution in [0.5, 0.6) is 0 Å². The fourth-order valence-corrected chi connectivity index (χ4v) is 2.50. The van der Waals surface area contributed by atoms with E-state index in [2.05, 4.69) is 12.2 Å². The SMILES string of the molecule is CCCC(CC(O)(O)OC(C)(C)c1ccc(Cl)cc1)NC. The summed E-state index contributed by atoms with van der Waals surface area (Å²) in [5.41, 5.74) is -0.00521. The highest BCUT2D eigenvalue weighted by Gasteiger charge is 2.36. The molecule has 1 unspecified atom stereocenters. The molecule has 1 atom stereocenters. The lowest BCUT2D eigenvalue weighted by Gasteiger charge is -2.35. The first-order valence-electron chi connectivity index (χ1n) is 7.28. The lowest BCUT2D eigenvalue weighted by molar-refractivity contribution is -0.379. The summed E-state index contributed by atoms with van der Waals surface area (Å²) in [5, 5.41) is 24.0. The molecular formula is C16H26ClNO3. The Bertz CT molecular complexity index is 432. The van der Waals surface area contributed by atoms with E-state index in [9.17, 15) is 10.2 Å². The molecule has 0 amide bonds. The van der Waals surface area contributed by atoms with Crippen molar-refractivity contribution in [2.45, 2.75) is 57.6 Å². The van der Waals surface area contributed by atoms with Gasteiger partial charge in [-0.25, -0.2) is 0 Å². The molecular weight excluding hydrogens is 290 g/mol. The fourth-order valence-electron chi connectivity index (χ4n) is 2.38. The van der Waals surface area contributed by atoms with Gasteiger partial charge in [0.05, 0.1) is 5.60 Å². The number of halogens is 1. The van der Waals surface area contributed by atoms with Crippen LogP contribution in [0.4, 0.5) is 0 Å². The van der Waals surface area contributed by atoms with Crippen molar-refractivity contribution in [1.82, 2.24) is 5.32 Å². The van der Waals surface area contributed by atoms with Crippen molar-refractivity contribution in [1.29, 1.82) is 0 Å². The molecule has 120 valence electrons. The molecule has 0 heterocycles. The summed E-state index contributed by atoms with van der Waals surface area (Å²) in [4.78, 5) is 0. The zero-order valence-corrected chi connectivity index (χ0v) is 13.9. The molecule has 4 nitrogen and oxygen atoms in total. The Balaban J connectivity index is 2.78. The molecule has 5 heteroatoms. The van der Waals surface area contributed by atoms with E-state index in [4.69, 9.17) is 16.3 Å². The van der Waals surface area contributed by atoms with E-state index in [-0.39, 0.29) is 12.5 Å². The topological polar surface area (TPSA) is 61.7 Å². The molecule has 0 radical (unpaired) electrons. The molecule has 1 rings (SSSR count). The minimum Gasteiger partial charge on any atom is -0.343 e. The third-order valence-electron chi connectivity index (χ3n) is 3.52. The van der Waals surface area contributed by atoms with Crippen LogP contribution in [0.1, 0.15) is 45.6 Å². The van der Waals surface area contributed by atoms with Crippen molar-refractivity contribution in [3.63, 3.8) is 0 Å². The van der Waals surface area contributed by atoms with Gasteiger partial charge in [0.15, 0.2) is 0 Å². The first-order valence-corrected chi connectivity index (χ1v) is 7.66. The van der Waals surface area contributed by atoms with E-state index >= 15 is 0 Å². The summed E-state index contributed by atoms with van der Waals surface area (Å²) in [6, 6.07) is 7.14. The van der Waals surface area contributed by atoms with Gasteiger partial charge in [-0.3, -0.25) is 0 Å². The maximum absolute atomic E-state index is 10.2. The minimum absolute atomic E-state index is 0.00832. The third kappa shape index (κ3) is 5.93. The van der Waals surface area contributed by atoms with Crippen molar-refractivity contribution in [3.8, 4) is 0 Å². The van der Waals surface area contributed by atoms with Gasteiger partial charge in [0.1, 0.15) is 0 Å². The summed E-state index contributed by atoms with van der Waals surface area (Å²) >= 11 is 5.87. The molecule has 0 aliphatic heterocycles. The molecule has 0 fully saturated rings. The first kappa shape index (κ1) is 18.4. The van der Waals surface area contributed by atoms with Crippen LogP contribution >= 0.6 is 11.6 Å². The standard InChI is InChI=1S/C16H26ClNO3/c1-5-6-14(18-4)11-16(19,20)21-15(2,3)12-7-9-13(17)10-8-12/h7-10,14,18-20H,5-6,11H2,1-4H3. The smallest absolute Gasteiger partial charge is 0.280 e. The lowest BCUT2D eigenvalue weighted by atomic mass is 9.97. The van der Waals surface area contributed by atoms with Crippen molar-refractivity contribution in [3.05, 3.63) is 34.9 Å². The zero-order valence-electron chi connectivity index (χ0n) is 13.2. The predicted octanol–water partition coefficient (Wildman–Crippen LogP) is 3.01. The predicted molar refractivity (Wildman–Crippen MR) is 85.1 cm³/mol. The Labute approximate surface area is 132 Å². The largest absolute Gasteiger partial charge is 0.343 e. The van der Waals surface area contributed by atoms with Crippen molar-refractivity contribution < 1.29 is 14.9 Å². The Morgan fingerprint density at radius 2 is 1.81 bits per heavy atom. The normalized spacial score (nSPS) is 14.2. The highest BCUT2D eigenvalue weighted by molar-refractivity contribution is 6.30. The molecule has 21 heavy (non-hydrogen) atoms. The Kier molecular flexibility index (Phi) is 6.63. The number of ether oxygens (including phenoxy) is 1. The van der Waals surface area contributed by atoms with Gasteiger partial charge in [0, 0.05) is 17.5 Å². The van der Waals surface area contributed by atoms with Crippen LogP contribution in [-0.2, 0) is 10.3 Å². The molecule has 0 aromatic heterocycles. The molecule has 3 N–H and O–H groups in total. The van der Waals surface area contributed by atoms with E-state index in [0.717, 1.165) is 18.4 Å². The van der Waals surface area contributed by atoms with E-state index in [1.54, 1.807) is 33.0 Å².